The van der Waals surface area contributed by atoms with Crippen LogP contribution in [-0.4, -0.2) is 22.7 Å². The van der Waals surface area contributed by atoms with Crippen molar-refractivity contribution in [2.75, 3.05) is 12.0 Å². The van der Waals surface area contributed by atoms with Crippen molar-refractivity contribution >= 4 is 28.6 Å². The summed E-state index contributed by atoms with van der Waals surface area (Å²) in [6.07, 6.45) is 5.68. The van der Waals surface area contributed by atoms with E-state index in [1.807, 2.05) is 55.5 Å². The van der Waals surface area contributed by atoms with Gasteiger partial charge in [0.2, 0.25) is 0 Å². The zero-order valence-corrected chi connectivity index (χ0v) is 15.7. The molecule has 1 heterocycles. The molecule has 6 heteroatoms. The van der Waals surface area contributed by atoms with Gasteiger partial charge in [0.25, 0.3) is 5.91 Å². The third-order valence-electron chi connectivity index (χ3n) is 3.98. The van der Waals surface area contributed by atoms with E-state index in [0.29, 0.717) is 12.4 Å². The smallest absolute Gasteiger partial charge is 0.262 e. The summed E-state index contributed by atoms with van der Waals surface area (Å²) in [6.45, 7) is 6.43. The van der Waals surface area contributed by atoms with Gasteiger partial charge in [-0.1, -0.05) is 42.0 Å². The Kier molecular flexibility index (Phi) is 6.36. The number of carbonyl (C=O) groups is 1. The van der Waals surface area contributed by atoms with Crippen LogP contribution in [0.4, 0.5) is 5.82 Å². The molecule has 3 aromatic rings. The molecule has 0 aliphatic heterocycles. The van der Waals surface area contributed by atoms with Gasteiger partial charge in [0, 0.05) is 23.3 Å². The summed E-state index contributed by atoms with van der Waals surface area (Å²) in [5.74, 6) is 0.992. The van der Waals surface area contributed by atoms with Crippen LogP contribution in [-0.2, 0) is 4.79 Å². The summed E-state index contributed by atoms with van der Waals surface area (Å²) < 4.78 is 5.63. The molecule has 2 aromatic carbocycles. The highest BCUT2D eigenvalue weighted by atomic mass is 16.5. The van der Waals surface area contributed by atoms with Crippen molar-refractivity contribution in [3.05, 3.63) is 78.5 Å². The highest BCUT2D eigenvalue weighted by molar-refractivity contribution is 5.95. The van der Waals surface area contributed by atoms with E-state index in [0.717, 1.165) is 34.1 Å². The first-order valence-corrected chi connectivity index (χ1v) is 8.93. The Morgan fingerprint density at radius 3 is 2.75 bits per heavy atom. The van der Waals surface area contributed by atoms with E-state index in [9.17, 15) is 4.79 Å². The molecule has 0 bridgehead atoms. The molecule has 3 rings (SSSR count). The van der Waals surface area contributed by atoms with Gasteiger partial charge in [0.1, 0.15) is 5.75 Å². The average Bonchev–Trinajstić information content (AvgIpc) is 2.71. The van der Waals surface area contributed by atoms with Crippen molar-refractivity contribution in [3.63, 3.8) is 0 Å². The molecule has 0 aliphatic carbocycles. The third kappa shape index (κ3) is 5.41. The standard InChI is InChI=1S/C22H22N4O2/c1-16(2)13-14-28-19-10-7-17(8-11-19)9-12-21(27)24-26-22-20-6-4-3-5-18(20)15-23-25-22/h3-12,15H,1,13-14H2,2H3,(H,24,27)(H,25,26)/b12-9+. The van der Waals surface area contributed by atoms with Gasteiger partial charge >= 0.3 is 0 Å². The maximum atomic E-state index is 12.1. The zero-order chi connectivity index (χ0) is 19.8. The van der Waals surface area contributed by atoms with Crippen LogP contribution in [0.5, 0.6) is 5.75 Å². The van der Waals surface area contributed by atoms with Gasteiger partial charge in [-0.15, -0.1) is 11.7 Å². The normalized spacial score (nSPS) is 10.8. The lowest BCUT2D eigenvalue weighted by Gasteiger charge is -2.07. The van der Waals surface area contributed by atoms with E-state index in [1.54, 1.807) is 12.3 Å². The molecule has 0 saturated heterocycles. The van der Waals surface area contributed by atoms with Gasteiger partial charge in [0.05, 0.1) is 12.8 Å². The van der Waals surface area contributed by atoms with E-state index >= 15 is 0 Å². The molecule has 0 aliphatic rings. The highest BCUT2D eigenvalue weighted by Crippen LogP contribution is 2.18. The number of rotatable bonds is 8. The van der Waals surface area contributed by atoms with Gasteiger partial charge < -0.3 is 4.74 Å². The third-order valence-corrected chi connectivity index (χ3v) is 3.98. The Bertz CT molecular complexity index is 992. The first kappa shape index (κ1) is 19.1. The van der Waals surface area contributed by atoms with Gasteiger partial charge in [-0.2, -0.15) is 5.10 Å². The summed E-state index contributed by atoms with van der Waals surface area (Å²) in [4.78, 5) is 12.1. The van der Waals surface area contributed by atoms with E-state index < -0.39 is 0 Å². The second-order valence-corrected chi connectivity index (χ2v) is 6.35. The van der Waals surface area contributed by atoms with Crippen LogP contribution in [0.3, 0.4) is 0 Å². The van der Waals surface area contributed by atoms with Crippen LogP contribution in [0.1, 0.15) is 18.9 Å². The number of amides is 1. The SMILES string of the molecule is C=C(C)CCOc1ccc(/C=C/C(=O)NNc2nncc3ccccc23)cc1. The predicted octanol–water partition coefficient (Wildman–Crippen LogP) is 4.13. The van der Waals surface area contributed by atoms with E-state index in [-0.39, 0.29) is 5.91 Å². The fourth-order valence-electron chi connectivity index (χ4n) is 2.47. The summed E-state index contributed by atoms with van der Waals surface area (Å²) in [5.41, 5.74) is 7.40. The van der Waals surface area contributed by atoms with Crippen LogP contribution >= 0.6 is 0 Å². The van der Waals surface area contributed by atoms with Gasteiger partial charge in [-0.25, -0.2) is 0 Å². The second-order valence-electron chi connectivity index (χ2n) is 6.35. The van der Waals surface area contributed by atoms with Crippen LogP contribution in [0.25, 0.3) is 16.8 Å². The number of hydrazine groups is 1. The number of nitrogens with one attached hydrogen (secondary N) is 2. The largest absolute Gasteiger partial charge is 0.493 e. The van der Waals surface area contributed by atoms with Crippen molar-refractivity contribution in [1.82, 2.24) is 15.6 Å². The Balaban J connectivity index is 1.53. The molecule has 0 atom stereocenters. The van der Waals surface area contributed by atoms with Crippen LogP contribution in [0, 0.1) is 0 Å². The first-order chi connectivity index (χ1) is 13.6. The molecule has 0 saturated carbocycles. The lowest BCUT2D eigenvalue weighted by Crippen LogP contribution is -2.28. The minimum absolute atomic E-state index is 0.295. The molecule has 142 valence electrons. The monoisotopic (exact) mass is 374 g/mol. The number of carbonyl (C=O) groups excluding carboxylic acids is 1. The number of anilines is 1. The van der Waals surface area contributed by atoms with Gasteiger partial charge in [0.15, 0.2) is 5.82 Å². The van der Waals surface area contributed by atoms with E-state index in [4.69, 9.17) is 4.74 Å². The van der Waals surface area contributed by atoms with E-state index in [2.05, 4.69) is 27.6 Å². The number of aromatic nitrogens is 2. The van der Waals surface area contributed by atoms with E-state index in [1.165, 1.54) is 6.08 Å². The Morgan fingerprint density at radius 1 is 1.18 bits per heavy atom. The number of benzene rings is 2. The number of hydrogen-bond donors (Lipinski definition) is 2. The van der Waals surface area contributed by atoms with Crippen molar-refractivity contribution < 1.29 is 9.53 Å². The quantitative estimate of drug-likeness (QED) is 0.352. The highest BCUT2D eigenvalue weighted by Gasteiger charge is 2.03. The molecule has 28 heavy (non-hydrogen) atoms. The topological polar surface area (TPSA) is 76.1 Å². The molecular formula is C22H22N4O2. The molecule has 6 nitrogen and oxygen atoms in total. The Labute approximate surface area is 163 Å². The fourth-order valence-corrected chi connectivity index (χ4v) is 2.47. The van der Waals surface area contributed by atoms with Crippen molar-refractivity contribution in [2.45, 2.75) is 13.3 Å². The molecule has 0 spiro atoms. The number of nitrogens with zero attached hydrogens (tertiary/aromatic N) is 2. The number of ether oxygens (including phenoxy) is 1. The zero-order valence-electron chi connectivity index (χ0n) is 15.7. The average molecular weight is 374 g/mol. The molecule has 1 amide bonds. The van der Waals surface area contributed by atoms with Crippen molar-refractivity contribution in [1.29, 1.82) is 0 Å². The lowest BCUT2D eigenvalue weighted by molar-refractivity contribution is -0.116. The predicted molar refractivity (Wildman–Crippen MR) is 112 cm³/mol. The number of hydrogen-bond acceptors (Lipinski definition) is 5. The first-order valence-electron chi connectivity index (χ1n) is 8.93. The fraction of sp³-hybridized carbons (Fsp3) is 0.136. The van der Waals surface area contributed by atoms with Crippen LogP contribution < -0.4 is 15.6 Å². The molecule has 1 aromatic heterocycles. The van der Waals surface area contributed by atoms with Gasteiger partial charge in [-0.05, 0) is 30.7 Å². The maximum absolute atomic E-state index is 12.1. The summed E-state index contributed by atoms with van der Waals surface area (Å²) in [5, 5.41) is 9.77. The Morgan fingerprint density at radius 2 is 1.96 bits per heavy atom. The molecule has 0 unspecified atom stereocenters. The minimum Gasteiger partial charge on any atom is -0.493 e. The molecule has 0 radical (unpaired) electrons. The summed E-state index contributed by atoms with van der Waals surface area (Å²) in [7, 11) is 0. The molecule has 0 fully saturated rings. The van der Waals surface area contributed by atoms with Crippen LogP contribution in [0.2, 0.25) is 0 Å². The second kappa shape index (κ2) is 9.32. The Hall–Kier alpha value is -3.67. The van der Waals surface area contributed by atoms with Crippen LogP contribution in [0.15, 0.2) is 73.0 Å². The minimum atomic E-state index is -0.295. The summed E-state index contributed by atoms with van der Waals surface area (Å²) >= 11 is 0. The molecular weight excluding hydrogens is 352 g/mol. The van der Waals surface area contributed by atoms with Gasteiger partial charge in [-0.3, -0.25) is 15.6 Å². The lowest BCUT2D eigenvalue weighted by atomic mass is 10.2. The number of fused-ring (bicyclic) bond motifs is 1. The maximum Gasteiger partial charge on any atom is 0.262 e. The van der Waals surface area contributed by atoms with Crippen molar-refractivity contribution in [2.24, 2.45) is 0 Å². The summed E-state index contributed by atoms with van der Waals surface area (Å²) in [6, 6.07) is 15.2. The molecule has 2 N–H and O–H groups in total. The van der Waals surface area contributed by atoms with Crippen molar-refractivity contribution in [3.8, 4) is 5.75 Å².